The van der Waals surface area contributed by atoms with Crippen LogP contribution >= 0.6 is 11.6 Å². The zero-order valence-electron chi connectivity index (χ0n) is 14.2. The van der Waals surface area contributed by atoms with Crippen LogP contribution in [0.5, 0.6) is 0 Å². The Balaban J connectivity index is 1.52. The minimum Gasteiger partial charge on any atom is -0.340 e. The molecule has 3 aromatic rings. The molecule has 1 aromatic heterocycles. The van der Waals surface area contributed by atoms with Crippen molar-refractivity contribution in [3.63, 3.8) is 0 Å². The van der Waals surface area contributed by atoms with E-state index in [1.54, 1.807) is 30.5 Å². The SMILES string of the molecule is O=C(Nc1ccc(N2CCCc3ccccc32)cn1)c1cccc(Cl)c1. The third-order valence-electron chi connectivity index (χ3n) is 4.50. The average molecular weight is 364 g/mol. The Bertz CT molecular complexity index is 940. The Hall–Kier alpha value is -2.85. The predicted molar refractivity (Wildman–Crippen MR) is 105 cm³/mol. The number of halogens is 1. The molecule has 1 N–H and O–H groups in total. The molecule has 26 heavy (non-hydrogen) atoms. The highest BCUT2D eigenvalue weighted by Crippen LogP contribution is 2.33. The van der Waals surface area contributed by atoms with Crippen molar-refractivity contribution in [1.82, 2.24) is 4.98 Å². The fourth-order valence-electron chi connectivity index (χ4n) is 3.24. The molecule has 0 fully saturated rings. The summed E-state index contributed by atoms with van der Waals surface area (Å²) in [6.07, 6.45) is 4.02. The molecule has 0 radical (unpaired) electrons. The molecule has 4 rings (SSSR count). The summed E-state index contributed by atoms with van der Waals surface area (Å²) in [4.78, 5) is 19.0. The van der Waals surface area contributed by atoms with Gasteiger partial charge in [-0.15, -0.1) is 0 Å². The van der Waals surface area contributed by atoms with Crippen LogP contribution in [0.15, 0.2) is 66.9 Å². The summed E-state index contributed by atoms with van der Waals surface area (Å²) in [7, 11) is 0. The largest absolute Gasteiger partial charge is 0.340 e. The van der Waals surface area contributed by atoms with Gasteiger partial charge in [-0.3, -0.25) is 4.79 Å². The number of anilines is 3. The van der Waals surface area contributed by atoms with Gasteiger partial charge < -0.3 is 10.2 Å². The van der Waals surface area contributed by atoms with Crippen LogP contribution in [0.25, 0.3) is 0 Å². The summed E-state index contributed by atoms with van der Waals surface area (Å²) in [6.45, 7) is 0.965. The van der Waals surface area contributed by atoms with Gasteiger partial charge in [0.2, 0.25) is 0 Å². The van der Waals surface area contributed by atoms with E-state index in [1.807, 2.05) is 12.1 Å². The molecule has 0 atom stereocenters. The summed E-state index contributed by atoms with van der Waals surface area (Å²) in [5.41, 5.74) is 4.12. The molecule has 1 aliphatic rings. The second kappa shape index (κ2) is 7.18. The number of nitrogens with zero attached hydrogens (tertiary/aromatic N) is 2. The van der Waals surface area contributed by atoms with E-state index in [4.69, 9.17) is 11.6 Å². The number of benzene rings is 2. The Morgan fingerprint density at radius 3 is 2.77 bits per heavy atom. The maximum Gasteiger partial charge on any atom is 0.256 e. The maximum absolute atomic E-state index is 12.3. The molecule has 1 aliphatic heterocycles. The van der Waals surface area contributed by atoms with Gasteiger partial charge in [0.25, 0.3) is 5.91 Å². The van der Waals surface area contributed by atoms with Gasteiger partial charge in [0.05, 0.1) is 11.9 Å². The van der Waals surface area contributed by atoms with E-state index in [-0.39, 0.29) is 5.91 Å². The maximum atomic E-state index is 12.3. The predicted octanol–water partition coefficient (Wildman–Crippen LogP) is 5.07. The third kappa shape index (κ3) is 3.41. The molecule has 130 valence electrons. The Morgan fingerprint density at radius 1 is 1.08 bits per heavy atom. The molecule has 0 bridgehead atoms. The fourth-order valence-corrected chi connectivity index (χ4v) is 3.43. The number of hydrogen-bond donors (Lipinski definition) is 1. The molecule has 4 nitrogen and oxygen atoms in total. The van der Waals surface area contributed by atoms with Crippen molar-refractivity contribution in [2.75, 3.05) is 16.8 Å². The summed E-state index contributed by atoms with van der Waals surface area (Å²) in [5, 5.41) is 3.34. The molecule has 0 aliphatic carbocycles. The molecule has 0 saturated heterocycles. The van der Waals surface area contributed by atoms with Crippen molar-refractivity contribution in [2.45, 2.75) is 12.8 Å². The zero-order chi connectivity index (χ0) is 17.9. The van der Waals surface area contributed by atoms with Crippen LogP contribution in [-0.4, -0.2) is 17.4 Å². The number of aryl methyl sites for hydroxylation is 1. The number of nitrogens with one attached hydrogen (secondary N) is 1. The number of hydrogen-bond acceptors (Lipinski definition) is 3. The Morgan fingerprint density at radius 2 is 1.96 bits per heavy atom. The standard InChI is InChI=1S/C21H18ClN3O/c22-17-8-3-6-16(13-17)21(26)24-20-11-10-18(14-23-20)25-12-4-7-15-5-1-2-9-19(15)25/h1-3,5-6,8-11,13-14H,4,7,12H2,(H,23,24,26). The third-order valence-corrected chi connectivity index (χ3v) is 4.73. The summed E-state index contributed by atoms with van der Waals surface area (Å²) in [6, 6.07) is 19.1. The lowest BCUT2D eigenvalue weighted by atomic mass is 10.0. The lowest BCUT2D eigenvalue weighted by Gasteiger charge is -2.31. The first-order valence-electron chi connectivity index (χ1n) is 8.59. The van der Waals surface area contributed by atoms with E-state index in [1.165, 1.54) is 11.3 Å². The van der Waals surface area contributed by atoms with Gasteiger partial charge in [-0.05, 0) is 54.8 Å². The van der Waals surface area contributed by atoms with Gasteiger partial charge >= 0.3 is 0 Å². The van der Waals surface area contributed by atoms with Crippen molar-refractivity contribution < 1.29 is 4.79 Å². The van der Waals surface area contributed by atoms with Crippen LogP contribution in [-0.2, 0) is 6.42 Å². The summed E-state index contributed by atoms with van der Waals surface area (Å²) in [5.74, 6) is 0.292. The van der Waals surface area contributed by atoms with Gasteiger partial charge in [0, 0.05) is 22.8 Å². The highest BCUT2D eigenvalue weighted by molar-refractivity contribution is 6.31. The second-order valence-electron chi connectivity index (χ2n) is 6.25. The van der Waals surface area contributed by atoms with Crippen molar-refractivity contribution in [2.24, 2.45) is 0 Å². The molecule has 0 unspecified atom stereocenters. The van der Waals surface area contributed by atoms with E-state index >= 15 is 0 Å². The highest BCUT2D eigenvalue weighted by atomic mass is 35.5. The Kier molecular flexibility index (Phi) is 4.59. The molecule has 1 amide bonds. The number of aromatic nitrogens is 1. The lowest BCUT2D eigenvalue weighted by Crippen LogP contribution is -2.24. The van der Waals surface area contributed by atoms with Crippen LogP contribution in [0, 0.1) is 0 Å². The molecule has 2 heterocycles. The number of fused-ring (bicyclic) bond motifs is 1. The first-order chi connectivity index (χ1) is 12.7. The lowest BCUT2D eigenvalue weighted by molar-refractivity contribution is 0.102. The molecule has 2 aromatic carbocycles. The van der Waals surface area contributed by atoms with Crippen LogP contribution in [0.3, 0.4) is 0 Å². The minimum absolute atomic E-state index is 0.226. The van der Waals surface area contributed by atoms with Crippen molar-refractivity contribution in [3.8, 4) is 0 Å². The first-order valence-corrected chi connectivity index (χ1v) is 8.97. The summed E-state index contributed by atoms with van der Waals surface area (Å²) < 4.78 is 0. The van der Waals surface area contributed by atoms with Gasteiger partial charge in [0.15, 0.2) is 0 Å². The van der Waals surface area contributed by atoms with E-state index < -0.39 is 0 Å². The van der Waals surface area contributed by atoms with E-state index in [0.717, 1.165) is 25.1 Å². The average Bonchev–Trinajstić information content (AvgIpc) is 2.68. The van der Waals surface area contributed by atoms with E-state index in [9.17, 15) is 4.79 Å². The van der Waals surface area contributed by atoms with Gasteiger partial charge in [-0.1, -0.05) is 35.9 Å². The molecular weight excluding hydrogens is 346 g/mol. The molecular formula is C21H18ClN3O. The van der Waals surface area contributed by atoms with Gasteiger partial charge in [-0.2, -0.15) is 0 Å². The van der Waals surface area contributed by atoms with Crippen molar-refractivity contribution in [3.05, 3.63) is 83.0 Å². The number of pyridine rings is 1. The highest BCUT2D eigenvalue weighted by Gasteiger charge is 2.18. The van der Waals surface area contributed by atoms with E-state index in [2.05, 4.69) is 39.5 Å². The topological polar surface area (TPSA) is 45.2 Å². The molecule has 0 saturated carbocycles. The second-order valence-corrected chi connectivity index (χ2v) is 6.69. The number of para-hydroxylation sites is 1. The van der Waals surface area contributed by atoms with Crippen LogP contribution in [0.4, 0.5) is 17.2 Å². The monoisotopic (exact) mass is 363 g/mol. The van der Waals surface area contributed by atoms with Gasteiger partial charge in [0.1, 0.15) is 5.82 Å². The van der Waals surface area contributed by atoms with Crippen molar-refractivity contribution >= 4 is 34.7 Å². The Labute approximate surface area is 157 Å². The number of rotatable bonds is 3. The fraction of sp³-hybridized carbons (Fsp3) is 0.143. The smallest absolute Gasteiger partial charge is 0.256 e. The number of carbonyl (C=O) groups excluding carboxylic acids is 1. The minimum atomic E-state index is -0.226. The molecule has 0 spiro atoms. The molecule has 5 heteroatoms. The normalized spacial score (nSPS) is 13.2. The zero-order valence-corrected chi connectivity index (χ0v) is 14.9. The van der Waals surface area contributed by atoms with E-state index in [0.29, 0.717) is 16.4 Å². The quantitative estimate of drug-likeness (QED) is 0.706. The van der Waals surface area contributed by atoms with Crippen LogP contribution in [0.2, 0.25) is 5.02 Å². The van der Waals surface area contributed by atoms with Crippen LogP contribution in [0.1, 0.15) is 22.3 Å². The summed E-state index contributed by atoms with van der Waals surface area (Å²) >= 11 is 5.94. The van der Waals surface area contributed by atoms with Gasteiger partial charge in [-0.25, -0.2) is 4.98 Å². The number of carbonyl (C=O) groups is 1. The first kappa shape index (κ1) is 16.6. The van der Waals surface area contributed by atoms with Crippen LogP contribution < -0.4 is 10.2 Å². The van der Waals surface area contributed by atoms with Crippen molar-refractivity contribution in [1.29, 1.82) is 0 Å². The number of amides is 1.